The van der Waals surface area contributed by atoms with Gasteiger partial charge in [-0.1, -0.05) is 6.42 Å². The number of carbonyl (C=O) groups excluding carboxylic acids is 1. The fourth-order valence-electron chi connectivity index (χ4n) is 5.30. The SMILES string of the molecule is CN(C[C@H]1CCCN2CCCC[C@@H]12)C(=O)c1cn[nH]c1-c1ccc2c(c1)OCCO2. The fourth-order valence-corrected chi connectivity index (χ4v) is 5.30. The molecule has 0 unspecified atom stereocenters. The highest BCUT2D eigenvalue weighted by Gasteiger charge is 2.34. The quantitative estimate of drug-likeness (QED) is 0.838. The Morgan fingerprint density at radius 2 is 2.00 bits per heavy atom. The molecule has 7 nitrogen and oxygen atoms in total. The number of rotatable bonds is 4. The molecule has 1 amide bonds. The molecule has 3 aliphatic heterocycles. The first-order valence-electron chi connectivity index (χ1n) is 11.1. The summed E-state index contributed by atoms with van der Waals surface area (Å²) in [5.41, 5.74) is 2.21. The second-order valence-corrected chi connectivity index (χ2v) is 8.70. The van der Waals surface area contributed by atoms with Gasteiger partial charge in [0.05, 0.1) is 17.5 Å². The first-order valence-corrected chi connectivity index (χ1v) is 11.1. The van der Waals surface area contributed by atoms with Crippen LogP contribution in [0.1, 0.15) is 42.5 Å². The van der Waals surface area contributed by atoms with Gasteiger partial charge >= 0.3 is 0 Å². The van der Waals surface area contributed by atoms with Crippen LogP contribution in [0.15, 0.2) is 24.4 Å². The highest BCUT2D eigenvalue weighted by atomic mass is 16.6. The standard InChI is InChI=1S/C23H30N4O3/c1-26(15-17-5-4-10-27-9-3-2-6-19(17)27)23(28)18-14-24-25-22(18)16-7-8-20-21(13-16)30-12-11-29-20/h7-8,13-14,17,19H,2-6,9-12,15H2,1H3,(H,24,25)/t17-,19+/m1/s1. The van der Waals surface area contributed by atoms with Gasteiger partial charge in [0.25, 0.3) is 5.91 Å². The minimum absolute atomic E-state index is 0.0153. The first-order chi connectivity index (χ1) is 14.7. The number of ether oxygens (including phenoxy) is 2. The minimum Gasteiger partial charge on any atom is -0.486 e. The van der Waals surface area contributed by atoms with Gasteiger partial charge in [-0.15, -0.1) is 0 Å². The number of nitrogens with zero attached hydrogens (tertiary/aromatic N) is 3. The number of H-pyrrole nitrogens is 1. The summed E-state index contributed by atoms with van der Waals surface area (Å²) in [6, 6.07) is 6.38. The van der Waals surface area contributed by atoms with Crippen LogP contribution in [0.5, 0.6) is 11.5 Å². The Balaban J connectivity index is 1.33. The van der Waals surface area contributed by atoms with E-state index in [0.29, 0.717) is 36.5 Å². The zero-order valence-electron chi connectivity index (χ0n) is 17.6. The van der Waals surface area contributed by atoms with Gasteiger partial charge < -0.3 is 19.3 Å². The summed E-state index contributed by atoms with van der Waals surface area (Å²) < 4.78 is 11.3. The molecule has 1 N–H and O–H groups in total. The molecule has 3 aliphatic rings. The maximum absolute atomic E-state index is 13.3. The number of fused-ring (bicyclic) bond motifs is 2. The number of piperidine rings is 2. The molecule has 0 bridgehead atoms. The van der Waals surface area contributed by atoms with Crippen molar-refractivity contribution in [1.82, 2.24) is 20.0 Å². The maximum Gasteiger partial charge on any atom is 0.257 e. The van der Waals surface area contributed by atoms with Crippen molar-refractivity contribution in [2.45, 2.75) is 38.1 Å². The monoisotopic (exact) mass is 410 g/mol. The predicted molar refractivity (Wildman–Crippen MR) is 114 cm³/mol. The molecule has 0 spiro atoms. The van der Waals surface area contributed by atoms with Crippen molar-refractivity contribution >= 4 is 5.91 Å². The Labute approximate surface area is 177 Å². The van der Waals surface area contributed by atoms with E-state index in [1.165, 1.54) is 45.2 Å². The Bertz CT molecular complexity index is 910. The van der Waals surface area contributed by atoms with Gasteiger partial charge in [-0.05, 0) is 62.9 Å². The van der Waals surface area contributed by atoms with Crippen LogP contribution in [0.4, 0.5) is 0 Å². The van der Waals surface area contributed by atoms with Gasteiger partial charge in [0.2, 0.25) is 0 Å². The van der Waals surface area contributed by atoms with Crippen LogP contribution in [0, 0.1) is 5.92 Å². The second kappa shape index (κ2) is 8.30. The Kier molecular flexibility index (Phi) is 5.37. The molecule has 2 fully saturated rings. The highest BCUT2D eigenvalue weighted by molar-refractivity contribution is 5.99. The lowest BCUT2D eigenvalue weighted by molar-refractivity contribution is 0.0403. The normalized spacial score (nSPS) is 23.6. The van der Waals surface area contributed by atoms with E-state index in [-0.39, 0.29) is 5.91 Å². The van der Waals surface area contributed by atoms with Crippen LogP contribution in [0.25, 0.3) is 11.3 Å². The molecule has 4 heterocycles. The van der Waals surface area contributed by atoms with E-state index in [1.54, 1.807) is 6.20 Å². The molecule has 5 rings (SSSR count). The zero-order chi connectivity index (χ0) is 20.5. The van der Waals surface area contributed by atoms with Gasteiger partial charge in [-0.3, -0.25) is 9.89 Å². The Hall–Kier alpha value is -2.54. The third kappa shape index (κ3) is 3.67. The van der Waals surface area contributed by atoms with E-state index >= 15 is 0 Å². The number of aromatic amines is 1. The third-order valence-electron chi connectivity index (χ3n) is 6.78. The van der Waals surface area contributed by atoms with Crippen LogP contribution in [0.2, 0.25) is 0 Å². The molecule has 0 saturated carbocycles. The van der Waals surface area contributed by atoms with E-state index in [2.05, 4.69) is 15.1 Å². The van der Waals surface area contributed by atoms with Crippen LogP contribution in [0.3, 0.4) is 0 Å². The molecule has 160 valence electrons. The lowest BCUT2D eigenvalue weighted by Gasteiger charge is -2.45. The minimum atomic E-state index is 0.0153. The van der Waals surface area contributed by atoms with Gasteiger partial charge in [0.15, 0.2) is 11.5 Å². The molecule has 0 aliphatic carbocycles. The van der Waals surface area contributed by atoms with Gasteiger partial charge in [-0.2, -0.15) is 5.10 Å². The molecule has 2 aromatic rings. The van der Waals surface area contributed by atoms with Crippen molar-refractivity contribution < 1.29 is 14.3 Å². The predicted octanol–water partition coefficient (Wildman–Crippen LogP) is 3.18. The molecule has 2 saturated heterocycles. The van der Waals surface area contributed by atoms with E-state index < -0.39 is 0 Å². The maximum atomic E-state index is 13.3. The zero-order valence-corrected chi connectivity index (χ0v) is 17.6. The summed E-state index contributed by atoms with van der Waals surface area (Å²) in [7, 11) is 1.92. The third-order valence-corrected chi connectivity index (χ3v) is 6.78. The van der Waals surface area contributed by atoms with Crippen LogP contribution >= 0.6 is 0 Å². The summed E-state index contributed by atoms with van der Waals surface area (Å²) in [4.78, 5) is 17.9. The van der Waals surface area contributed by atoms with Gasteiger partial charge in [0, 0.05) is 25.2 Å². The fraction of sp³-hybridized carbons (Fsp3) is 0.565. The summed E-state index contributed by atoms with van der Waals surface area (Å²) in [6.45, 7) is 4.33. The molecule has 0 radical (unpaired) electrons. The van der Waals surface area contributed by atoms with Crippen molar-refractivity contribution in [3.63, 3.8) is 0 Å². The molecule has 2 atom stereocenters. The molecule has 1 aromatic heterocycles. The summed E-state index contributed by atoms with van der Waals surface area (Å²) in [5.74, 6) is 2.02. The highest BCUT2D eigenvalue weighted by Crippen LogP contribution is 2.35. The number of aromatic nitrogens is 2. The topological polar surface area (TPSA) is 70.7 Å². The number of amides is 1. The molecule has 1 aromatic carbocycles. The number of carbonyl (C=O) groups is 1. The smallest absolute Gasteiger partial charge is 0.257 e. The average molecular weight is 411 g/mol. The number of nitrogens with one attached hydrogen (secondary N) is 1. The van der Waals surface area contributed by atoms with E-state index in [4.69, 9.17) is 9.47 Å². The largest absolute Gasteiger partial charge is 0.486 e. The van der Waals surface area contributed by atoms with Crippen LogP contribution < -0.4 is 9.47 Å². The lowest BCUT2D eigenvalue weighted by Crippen LogP contribution is -2.51. The number of hydrogen-bond donors (Lipinski definition) is 1. The molecule has 7 heteroatoms. The number of hydrogen-bond acceptors (Lipinski definition) is 5. The molecular formula is C23H30N4O3. The molecule has 30 heavy (non-hydrogen) atoms. The van der Waals surface area contributed by atoms with E-state index in [9.17, 15) is 4.79 Å². The Morgan fingerprint density at radius 3 is 2.90 bits per heavy atom. The van der Waals surface area contributed by atoms with Gasteiger partial charge in [-0.25, -0.2) is 0 Å². The number of benzene rings is 1. The summed E-state index contributed by atoms with van der Waals surface area (Å²) in [6.07, 6.45) is 7.97. The van der Waals surface area contributed by atoms with Crippen molar-refractivity contribution in [2.24, 2.45) is 5.92 Å². The van der Waals surface area contributed by atoms with E-state index in [1.807, 2.05) is 30.1 Å². The van der Waals surface area contributed by atoms with Crippen molar-refractivity contribution in [3.8, 4) is 22.8 Å². The van der Waals surface area contributed by atoms with Gasteiger partial charge in [0.1, 0.15) is 13.2 Å². The molecular weight excluding hydrogens is 380 g/mol. The second-order valence-electron chi connectivity index (χ2n) is 8.70. The lowest BCUT2D eigenvalue weighted by atomic mass is 9.83. The Morgan fingerprint density at radius 1 is 1.17 bits per heavy atom. The van der Waals surface area contributed by atoms with Crippen molar-refractivity contribution in [3.05, 3.63) is 30.0 Å². The van der Waals surface area contributed by atoms with Crippen LogP contribution in [-0.4, -0.2) is 71.8 Å². The average Bonchev–Trinajstić information content (AvgIpc) is 3.28. The summed E-state index contributed by atoms with van der Waals surface area (Å²) >= 11 is 0. The van der Waals surface area contributed by atoms with Crippen LogP contribution in [-0.2, 0) is 0 Å². The van der Waals surface area contributed by atoms with Crippen molar-refractivity contribution in [1.29, 1.82) is 0 Å². The van der Waals surface area contributed by atoms with E-state index in [0.717, 1.165) is 23.6 Å². The van der Waals surface area contributed by atoms with Crippen molar-refractivity contribution in [2.75, 3.05) is 39.9 Å². The summed E-state index contributed by atoms with van der Waals surface area (Å²) in [5, 5.41) is 7.19. The first kappa shape index (κ1) is 19.4.